The van der Waals surface area contributed by atoms with E-state index in [-0.39, 0.29) is 0 Å². The molecule has 1 aromatic carbocycles. The zero-order valence-electron chi connectivity index (χ0n) is 17.8. The van der Waals surface area contributed by atoms with E-state index in [1.807, 2.05) is 0 Å². The number of rotatable bonds is 4. The van der Waals surface area contributed by atoms with E-state index >= 15 is 0 Å². The minimum absolute atomic E-state index is 0.380. The van der Waals surface area contributed by atoms with Crippen LogP contribution in [-0.2, 0) is 19.9 Å². The Balaban J connectivity index is 2.04. The summed E-state index contributed by atoms with van der Waals surface area (Å²) in [4.78, 5) is 4.79. The molecule has 0 bridgehead atoms. The smallest absolute Gasteiger partial charge is 0.227 e. The number of benzene rings is 1. The second-order valence-electron chi connectivity index (χ2n) is 8.01. The average molecular weight is 374 g/mol. The van der Waals surface area contributed by atoms with Gasteiger partial charge in [-0.05, 0) is 48.9 Å². The molecule has 0 amide bonds. The van der Waals surface area contributed by atoms with Crippen molar-refractivity contribution in [2.75, 3.05) is 0 Å². The Morgan fingerprint density at radius 1 is 1.00 bits per heavy atom. The molecule has 3 heterocycles. The molecule has 0 aliphatic heterocycles. The highest BCUT2D eigenvalue weighted by molar-refractivity contribution is 6.08. The zero-order valence-corrected chi connectivity index (χ0v) is 17.8. The van der Waals surface area contributed by atoms with Crippen LogP contribution in [0.5, 0.6) is 0 Å². The van der Waals surface area contributed by atoms with Crippen molar-refractivity contribution in [2.45, 2.75) is 53.4 Å². The van der Waals surface area contributed by atoms with Crippen LogP contribution < -0.4 is 4.57 Å². The Labute approximate surface area is 167 Å². The third-order valence-corrected chi connectivity index (χ3v) is 5.80. The lowest BCUT2D eigenvalue weighted by atomic mass is 9.97. The lowest BCUT2D eigenvalue weighted by molar-refractivity contribution is -0.660. The van der Waals surface area contributed by atoms with Gasteiger partial charge in [0.15, 0.2) is 11.8 Å². The van der Waals surface area contributed by atoms with Crippen LogP contribution in [0.3, 0.4) is 0 Å². The van der Waals surface area contributed by atoms with E-state index < -0.39 is 0 Å². The molecular formula is C25H29N2O+. The minimum Gasteiger partial charge on any atom is -0.437 e. The van der Waals surface area contributed by atoms with Crippen molar-refractivity contribution < 1.29 is 8.98 Å². The van der Waals surface area contributed by atoms with Crippen LogP contribution in [0.15, 0.2) is 40.9 Å². The van der Waals surface area contributed by atoms with Crippen molar-refractivity contribution in [1.82, 2.24) is 4.98 Å². The fourth-order valence-electron chi connectivity index (χ4n) is 4.12. The highest BCUT2D eigenvalue weighted by atomic mass is 16.3. The topological polar surface area (TPSA) is 29.9 Å². The van der Waals surface area contributed by atoms with Crippen molar-refractivity contribution in [2.24, 2.45) is 7.05 Å². The predicted octanol–water partition coefficient (Wildman–Crippen LogP) is 6.03. The Bertz CT molecular complexity index is 1180. The summed E-state index contributed by atoms with van der Waals surface area (Å²) < 4.78 is 8.61. The third-order valence-electron chi connectivity index (χ3n) is 5.80. The first-order valence-corrected chi connectivity index (χ1v) is 10.3. The summed E-state index contributed by atoms with van der Waals surface area (Å²) in [5.74, 6) is 0.380. The van der Waals surface area contributed by atoms with Gasteiger partial charge in [-0.25, -0.2) is 9.55 Å². The summed E-state index contributed by atoms with van der Waals surface area (Å²) in [6, 6.07) is 11.0. The van der Waals surface area contributed by atoms with Crippen LogP contribution in [0.25, 0.3) is 33.3 Å². The first-order valence-electron chi connectivity index (χ1n) is 10.3. The van der Waals surface area contributed by atoms with Crippen molar-refractivity contribution in [1.29, 1.82) is 0 Å². The van der Waals surface area contributed by atoms with E-state index in [0.29, 0.717) is 5.92 Å². The molecule has 0 atom stereocenters. The van der Waals surface area contributed by atoms with E-state index in [0.717, 1.165) is 40.6 Å². The molecule has 0 N–H and O–H groups in total. The quantitative estimate of drug-likeness (QED) is 0.409. The Kier molecular flexibility index (Phi) is 4.70. The number of nitrogens with zero attached hydrogens (tertiary/aromatic N) is 2. The first-order chi connectivity index (χ1) is 13.4. The number of fused-ring (bicyclic) bond motifs is 3. The normalized spacial score (nSPS) is 11.8. The lowest BCUT2D eigenvalue weighted by Gasteiger charge is -2.10. The van der Waals surface area contributed by atoms with Crippen molar-refractivity contribution >= 4 is 22.1 Å². The van der Waals surface area contributed by atoms with Gasteiger partial charge in [0.2, 0.25) is 11.4 Å². The van der Waals surface area contributed by atoms with E-state index in [2.05, 4.69) is 82.8 Å². The predicted molar refractivity (Wildman–Crippen MR) is 116 cm³/mol. The third kappa shape index (κ3) is 2.90. The molecule has 0 saturated heterocycles. The molecule has 3 nitrogen and oxygen atoms in total. The standard InChI is InChI=1S/C25H29N2O/c1-7-17-13-22(27(6)14-18(17)8-2)23-16(5)9-10-19-20-11-12-21(15(3)4)26-25(20)28-24(19)23/h9-15H,7-8H2,1-6H3/q+1. The van der Waals surface area contributed by atoms with Gasteiger partial charge in [-0.15, -0.1) is 0 Å². The fourth-order valence-corrected chi connectivity index (χ4v) is 4.12. The summed E-state index contributed by atoms with van der Waals surface area (Å²) in [6.45, 7) is 10.9. The molecule has 4 aromatic rings. The summed E-state index contributed by atoms with van der Waals surface area (Å²) in [5.41, 5.74) is 9.13. The van der Waals surface area contributed by atoms with Crippen LogP contribution >= 0.6 is 0 Å². The van der Waals surface area contributed by atoms with Crippen LogP contribution in [0.4, 0.5) is 0 Å². The number of pyridine rings is 2. The number of aryl methyl sites for hydroxylation is 4. The van der Waals surface area contributed by atoms with Crippen molar-refractivity contribution in [3.05, 3.63) is 58.9 Å². The molecule has 0 spiro atoms. The van der Waals surface area contributed by atoms with Gasteiger partial charge in [-0.3, -0.25) is 0 Å². The Morgan fingerprint density at radius 3 is 2.39 bits per heavy atom. The number of aromatic nitrogens is 2. The maximum Gasteiger partial charge on any atom is 0.227 e. The molecule has 4 rings (SSSR count). The highest BCUT2D eigenvalue weighted by Crippen LogP contribution is 2.37. The van der Waals surface area contributed by atoms with Crippen LogP contribution in [0, 0.1) is 6.92 Å². The van der Waals surface area contributed by atoms with E-state index in [1.165, 1.54) is 27.9 Å². The second kappa shape index (κ2) is 7.05. The largest absolute Gasteiger partial charge is 0.437 e. The highest BCUT2D eigenvalue weighted by Gasteiger charge is 2.22. The van der Waals surface area contributed by atoms with Gasteiger partial charge in [-0.2, -0.15) is 0 Å². The molecule has 144 valence electrons. The van der Waals surface area contributed by atoms with Gasteiger partial charge in [0.05, 0.1) is 5.56 Å². The maximum atomic E-state index is 6.37. The summed E-state index contributed by atoms with van der Waals surface area (Å²) in [7, 11) is 2.13. The first kappa shape index (κ1) is 18.7. The summed E-state index contributed by atoms with van der Waals surface area (Å²) in [6.07, 6.45) is 4.35. The molecule has 3 aromatic heterocycles. The fraction of sp³-hybridized carbons (Fsp3) is 0.360. The van der Waals surface area contributed by atoms with Crippen molar-refractivity contribution in [3.8, 4) is 11.3 Å². The van der Waals surface area contributed by atoms with Gasteiger partial charge < -0.3 is 4.42 Å². The molecule has 0 radical (unpaired) electrons. The lowest BCUT2D eigenvalue weighted by Crippen LogP contribution is -2.32. The van der Waals surface area contributed by atoms with Gasteiger partial charge in [0, 0.05) is 28.1 Å². The molecule has 0 aliphatic rings. The van der Waals surface area contributed by atoms with Crippen LogP contribution in [0.1, 0.15) is 56.0 Å². The molecular weight excluding hydrogens is 344 g/mol. The monoisotopic (exact) mass is 373 g/mol. The van der Waals surface area contributed by atoms with Crippen LogP contribution in [0.2, 0.25) is 0 Å². The Hall–Kier alpha value is -2.68. The maximum absolute atomic E-state index is 6.37. The molecule has 0 fully saturated rings. The van der Waals surface area contributed by atoms with E-state index in [4.69, 9.17) is 9.40 Å². The summed E-state index contributed by atoms with van der Waals surface area (Å²) in [5, 5.41) is 2.22. The number of hydrogen-bond acceptors (Lipinski definition) is 2. The minimum atomic E-state index is 0.380. The van der Waals surface area contributed by atoms with Crippen molar-refractivity contribution in [3.63, 3.8) is 0 Å². The average Bonchev–Trinajstić information content (AvgIpc) is 3.05. The molecule has 0 unspecified atom stereocenters. The molecule has 0 saturated carbocycles. The van der Waals surface area contributed by atoms with Gasteiger partial charge >= 0.3 is 0 Å². The zero-order chi connectivity index (χ0) is 20.0. The van der Waals surface area contributed by atoms with Gasteiger partial charge in [0.1, 0.15) is 7.05 Å². The molecule has 0 aliphatic carbocycles. The van der Waals surface area contributed by atoms with Gasteiger partial charge in [-0.1, -0.05) is 39.8 Å². The second-order valence-corrected chi connectivity index (χ2v) is 8.01. The van der Waals surface area contributed by atoms with Crippen LogP contribution in [-0.4, -0.2) is 4.98 Å². The molecule has 28 heavy (non-hydrogen) atoms. The van der Waals surface area contributed by atoms with E-state index in [9.17, 15) is 0 Å². The van der Waals surface area contributed by atoms with Gasteiger partial charge in [0.25, 0.3) is 0 Å². The number of furan rings is 1. The SMILES string of the molecule is CCc1cc(-c2c(C)ccc3c2oc2nc(C(C)C)ccc23)[n+](C)cc1CC. The Morgan fingerprint density at radius 2 is 1.71 bits per heavy atom. The van der Waals surface area contributed by atoms with E-state index in [1.54, 1.807) is 0 Å². The molecule has 3 heteroatoms. The number of hydrogen-bond donors (Lipinski definition) is 0. The summed E-state index contributed by atoms with van der Waals surface area (Å²) >= 11 is 0.